The number of hydrogen-bond acceptors (Lipinski definition) is 6. The molecule has 1 aliphatic carbocycles. The van der Waals surface area contributed by atoms with E-state index in [1.807, 2.05) is 62.6 Å². The Morgan fingerprint density at radius 1 is 1.09 bits per heavy atom. The lowest BCUT2D eigenvalue weighted by Gasteiger charge is -2.11. The SMILES string of the molecule is CN(C)Cc1cccc(NC(=O)c2nc(-c3ccc4c(c3)CC/C4=N\O)c(-c3ccncc3)[nH]2)c1. The maximum absolute atomic E-state index is 13.2. The van der Waals surface area contributed by atoms with E-state index >= 15 is 0 Å². The highest BCUT2D eigenvalue weighted by molar-refractivity contribution is 6.05. The number of nitrogens with zero attached hydrogens (tertiary/aromatic N) is 4. The first kappa shape index (κ1) is 22.5. The fraction of sp³-hybridized carbons (Fsp3) is 0.185. The van der Waals surface area contributed by atoms with Gasteiger partial charge in [-0.05, 0) is 68.4 Å². The zero-order valence-corrected chi connectivity index (χ0v) is 19.6. The molecule has 2 heterocycles. The van der Waals surface area contributed by atoms with Crippen molar-refractivity contribution in [2.45, 2.75) is 19.4 Å². The molecule has 2 aromatic carbocycles. The van der Waals surface area contributed by atoms with E-state index in [0.29, 0.717) is 23.5 Å². The van der Waals surface area contributed by atoms with Crippen molar-refractivity contribution in [1.82, 2.24) is 19.9 Å². The summed E-state index contributed by atoms with van der Waals surface area (Å²) in [4.78, 5) is 27.3. The number of aryl methyl sites for hydroxylation is 1. The lowest BCUT2D eigenvalue weighted by atomic mass is 10.0. The van der Waals surface area contributed by atoms with Crippen LogP contribution in [-0.4, -0.2) is 50.8 Å². The van der Waals surface area contributed by atoms with E-state index in [1.54, 1.807) is 12.4 Å². The summed E-state index contributed by atoms with van der Waals surface area (Å²) in [7, 11) is 4.01. The third kappa shape index (κ3) is 4.69. The Morgan fingerprint density at radius 3 is 2.69 bits per heavy atom. The van der Waals surface area contributed by atoms with Gasteiger partial charge in [0, 0.05) is 41.3 Å². The molecule has 3 N–H and O–H groups in total. The molecule has 5 rings (SSSR count). The largest absolute Gasteiger partial charge is 0.411 e. The van der Waals surface area contributed by atoms with Crippen LogP contribution in [0.1, 0.15) is 33.7 Å². The van der Waals surface area contributed by atoms with Gasteiger partial charge in [0.1, 0.15) is 0 Å². The molecular formula is C27H26N6O2. The number of carbonyl (C=O) groups excluding carboxylic acids is 1. The Labute approximate surface area is 203 Å². The van der Waals surface area contributed by atoms with Crippen molar-refractivity contribution in [3.8, 4) is 22.5 Å². The second-order valence-electron chi connectivity index (χ2n) is 8.86. The number of aromatic amines is 1. The Balaban J connectivity index is 1.50. The maximum Gasteiger partial charge on any atom is 0.291 e. The van der Waals surface area contributed by atoms with Gasteiger partial charge in [-0.2, -0.15) is 0 Å². The Hall–Kier alpha value is -4.30. The van der Waals surface area contributed by atoms with E-state index in [-0.39, 0.29) is 11.7 Å². The molecule has 1 amide bonds. The summed E-state index contributed by atoms with van der Waals surface area (Å²) < 4.78 is 0. The summed E-state index contributed by atoms with van der Waals surface area (Å²) >= 11 is 0. The number of fused-ring (bicyclic) bond motifs is 1. The number of aromatic nitrogens is 3. The minimum absolute atomic E-state index is 0.225. The molecular weight excluding hydrogens is 440 g/mol. The van der Waals surface area contributed by atoms with Crippen LogP contribution < -0.4 is 5.32 Å². The van der Waals surface area contributed by atoms with Gasteiger partial charge in [0.15, 0.2) is 5.82 Å². The minimum Gasteiger partial charge on any atom is -0.411 e. The lowest BCUT2D eigenvalue weighted by Crippen LogP contribution is -2.15. The Bertz CT molecular complexity index is 1410. The Kier molecular flexibility index (Phi) is 6.12. The van der Waals surface area contributed by atoms with Crippen molar-refractivity contribution in [3.05, 3.63) is 89.5 Å². The standard InChI is InChI=1S/C27H26N6O2/c1-33(2)16-17-4-3-5-21(14-17)29-27(34)26-30-24(18-10-12-28-13-11-18)25(31-26)20-6-8-22-19(15-20)7-9-23(22)32-35/h3-6,8,10-15,35H,7,9,16H2,1-2H3,(H,29,34)(H,30,31)/b32-23+. The topological polar surface area (TPSA) is 106 Å². The van der Waals surface area contributed by atoms with Gasteiger partial charge in [0.2, 0.25) is 0 Å². The van der Waals surface area contributed by atoms with E-state index in [1.165, 1.54) is 0 Å². The quantitative estimate of drug-likeness (QED) is 0.285. The fourth-order valence-corrected chi connectivity index (χ4v) is 4.44. The number of anilines is 1. The van der Waals surface area contributed by atoms with Crippen LogP contribution >= 0.6 is 0 Å². The highest BCUT2D eigenvalue weighted by atomic mass is 16.4. The average Bonchev–Trinajstić information content (AvgIpc) is 3.48. The molecule has 0 fully saturated rings. The van der Waals surface area contributed by atoms with Gasteiger partial charge in [-0.15, -0.1) is 0 Å². The molecule has 4 aromatic rings. The highest BCUT2D eigenvalue weighted by Gasteiger charge is 2.22. The molecule has 0 aliphatic heterocycles. The molecule has 8 nitrogen and oxygen atoms in total. The van der Waals surface area contributed by atoms with Gasteiger partial charge in [0.05, 0.1) is 17.1 Å². The van der Waals surface area contributed by atoms with Gasteiger partial charge in [0.25, 0.3) is 5.91 Å². The number of amides is 1. The second-order valence-corrected chi connectivity index (χ2v) is 8.86. The highest BCUT2D eigenvalue weighted by Crippen LogP contribution is 2.33. The Morgan fingerprint density at radius 2 is 1.91 bits per heavy atom. The average molecular weight is 467 g/mol. The molecule has 0 atom stereocenters. The molecule has 0 bridgehead atoms. The number of pyridine rings is 1. The number of carbonyl (C=O) groups is 1. The first-order valence-electron chi connectivity index (χ1n) is 11.4. The van der Waals surface area contributed by atoms with Crippen molar-refractivity contribution in [2.24, 2.45) is 5.16 Å². The van der Waals surface area contributed by atoms with Gasteiger partial charge in [-0.25, -0.2) is 4.98 Å². The van der Waals surface area contributed by atoms with Crippen LogP contribution in [0.25, 0.3) is 22.5 Å². The van der Waals surface area contributed by atoms with E-state index in [9.17, 15) is 10.0 Å². The number of oxime groups is 1. The summed E-state index contributed by atoms with van der Waals surface area (Å²) in [5.41, 5.74) is 7.76. The molecule has 35 heavy (non-hydrogen) atoms. The molecule has 0 saturated carbocycles. The zero-order chi connectivity index (χ0) is 24.4. The zero-order valence-electron chi connectivity index (χ0n) is 19.6. The van der Waals surface area contributed by atoms with Crippen LogP contribution in [0.15, 0.2) is 72.1 Å². The third-order valence-corrected chi connectivity index (χ3v) is 6.01. The van der Waals surface area contributed by atoms with Crippen molar-refractivity contribution in [2.75, 3.05) is 19.4 Å². The van der Waals surface area contributed by atoms with Gasteiger partial charge in [-0.3, -0.25) is 9.78 Å². The predicted molar refractivity (Wildman–Crippen MR) is 136 cm³/mol. The summed E-state index contributed by atoms with van der Waals surface area (Å²) in [5.74, 6) is -0.0904. The molecule has 0 saturated heterocycles. The van der Waals surface area contributed by atoms with Gasteiger partial charge < -0.3 is 20.4 Å². The van der Waals surface area contributed by atoms with Gasteiger partial charge >= 0.3 is 0 Å². The number of nitrogens with one attached hydrogen (secondary N) is 2. The molecule has 176 valence electrons. The molecule has 0 spiro atoms. The predicted octanol–water partition coefficient (Wildman–Crippen LogP) is 4.58. The maximum atomic E-state index is 13.2. The summed E-state index contributed by atoms with van der Waals surface area (Å²) in [6, 6.07) is 17.5. The number of rotatable bonds is 6. The monoisotopic (exact) mass is 466 g/mol. The summed E-state index contributed by atoms with van der Waals surface area (Å²) in [6.07, 6.45) is 4.92. The van der Waals surface area contributed by atoms with E-state index in [4.69, 9.17) is 4.98 Å². The fourth-order valence-electron chi connectivity index (χ4n) is 4.44. The third-order valence-electron chi connectivity index (χ3n) is 6.01. The minimum atomic E-state index is -0.315. The van der Waals surface area contributed by atoms with E-state index < -0.39 is 0 Å². The van der Waals surface area contributed by atoms with Crippen molar-refractivity contribution < 1.29 is 10.0 Å². The van der Waals surface area contributed by atoms with E-state index in [2.05, 4.69) is 31.4 Å². The van der Waals surface area contributed by atoms with Crippen LogP contribution in [-0.2, 0) is 13.0 Å². The first-order chi connectivity index (χ1) is 17.0. The van der Waals surface area contributed by atoms with Crippen molar-refractivity contribution in [1.29, 1.82) is 0 Å². The molecule has 2 aromatic heterocycles. The van der Waals surface area contributed by atoms with Crippen LogP contribution in [0, 0.1) is 0 Å². The summed E-state index contributed by atoms with van der Waals surface area (Å²) in [5, 5.41) is 15.6. The van der Waals surface area contributed by atoms with Gasteiger partial charge in [-0.1, -0.05) is 29.4 Å². The van der Waals surface area contributed by atoms with Crippen LogP contribution in [0.4, 0.5) is 5.69 Å². The normalized spacial score (nSPS) is 13.9. The molecule has 0 unspecified atom stereocenters. The van der Waals surface area contributed by atoms with Crippen LogP contribution in [0.5, 0.6) is 0 Å². The van der Waals surface area contributed by atoms with E-state index in [0.717, 1.165) is 46.5 Å². The van der Waals surface area contributed by atoms with Crippen LogP contribution in [0.3, 0.4) is 0 Å². The number of imidazole rings is 1. The lowest BCUT2D eigenvalue weighted by molar-refractivity contribution is 0.101. The molecule has 8 heteroatoms. The number of hydrogen-bond donors (Lipinski definition) is 3. The van der Waals surface area contributed by atoms with Crippen LogP contribution in [0.2, 0.25) is 0 Å². The second kappa shape index (κ2) is 9.52. The number of benzene rings is 2. The first-order valence-corrected chi connectivity index (χ1v) is 11.4. The van der Waals surface area contributed by atoms with Crippen molar-refractivity contribution in [3.63, 3.8) is 0 Å². The number of H-pyrrole nitrogens is 1. The summed E-state index contributed by atoms with van der Waals surface area (Å²) in [6.45, 7) is 0.780. The van der Waals surface area contributed by atoms with Crippen molar-refractivity contribution >= 4 is 17.3 Å². The molecule has 1 aliphatic rings. The molecule has 0 radical (unpaired) electrons. The smallest absolute Gasteiger partial charge is 0.291 e.